The van der Waals surface area contributed by atoms with Crippen molar-refractivity contribution in [2.75, 3.05) is 18.0 Å². The fourth-order valence-corrected chi connectivity index (χ4v) is 4.54. The van der Waals surface area contributed by atoms with Crippen LogP contribution in [0.4, 0.5) is 5.13 Å². The largest absolute Gasteiger partial charge is 0.478 e. The Bertz CT molecular complexity index is 852. The summed E-state index contributed by atoms with van der Waals surface area (Å²) in [6.07, 6.45) is 3.58. The van der Waals surface area contributed by atoms with E-state index in [1.165, 1.54) is 17.8 Å². The summed E-state index contributed by atoms with van der Waals surface area (Å²) in [5, 5.41) is 12.4. The van der Waals surface area contributed by atoms with Gasteiger partial charge >= 0.3 is 5.97 Å². The summed E-state index contributed by atoms with van der Waals surface area (Å²) in [5.41, 5.74) is 1.44. The van der Waals surface area contributed by atoms with Crippen LogP contribution in [-0.2, 0) is 0 Å². The molecule has 1 saturated heterocycles. The number of anilines is 1. The van der Waals surface area contributed by atoms with Crippen molar-refractivity contribution in [3.63, 3.8) is 0 Å². The summed E-state index contributed by atoms with van der Waals surface area (Å²) in [6.45, 7) is 1.97. The molecule has 0 unspecified atom stereocenters. The summed E-state index contributed by atoms with van der Waals surface area (Å²) < 4.78 is 0. The number of thiophene rings is 1. The second kappa shape index (κ2) is 5.90. The van der Waals surface area contributed by atoms with E-state index in [1.807, 2.05) is 17.5 Å². The van der Waals surface area contributed by atoms with E-state index in [0.29, 0.717) is 16.0 Å². The number of hydrogen-bond donors (Lipinski definition) is 1. The predicted octanol–water partition coefficient (Wildman–Crippen LogP) is 4.11. The minimum atomic E-state index is -0.953. The van der Waals surface area contributed by atoms with Crippen LogP contribution in [0, 0.1) is 0 Å². The molecule has 0 radical (unpaired) electrons. The van der Waals surface area contributed by atoms with Crippen LogP contribution in [0.3, 0.4) is 0 Å². The maximum Gasteiger partial charge on any atom is 0.338 e. The summed E-state index contributed by atoms with van der Waals surface area (Å²) in [6, 6.07) is 5.53. The van der Waals surface area contributed by atoms with E-state index >= 15 is 0 Å². The standard InChI is InChI=1S/C16H15N3O2S2/c20-15(21)10-9-11(12-5-4-8-22-12)17-14-13(10)18-16(23-14)19-6-2-1-3-7-19/h4-5,8-9H,1-3,6-7H2,(H,20,21). The van der Waals surface area contributed by atoms with E-state index in [0.717, 1.165) is 35.9 Å². The highest BCUT2D eigenvalue weighted by Gasteiger charge is 2.21. The number of aromatic carboxylic acids is 1. The van der Waals surface area contributed by atoms with Gasteiger partial charge in [0.05, 0.1) is 16.1 Å². The predicted molar refractivity (Wildman–Crippen MR) is 93.8 cm³/mol. The average Bonchev–Trinajstić information content (AvgIpc) is 3.23. The Hall–Kier alpha value is -1.99. The lowest BCUT2D eigenvalue weighted by Crippen LogP contribution is -2.29. The molecule has 23 heavy (non-hydrogen) atoms. The minimum Gasteiger partial charge on any atom is -0.478 e. The number of rotatable bonds is 3. The van der Waals surface area contributed by atoms with Crippen molar-refractivity contribution in [1.29, 1.82) is 0 Å². The molecule has 0 amide bonds. The lowest BCUT2D eigenvalue weighted by Gasteiger charge is -2.25. The second-order valence-electron chi connectivity index (χ2n) is 5.54. The Morgan fingerprint density at radius 1 is 1.22 bits per heavy atom. The SMILES string of the molecule is O=C(O)c1cc(-c2cccs2)nc2sc(N3CCCCC3)nc12. The Kier molecular flexibility index (Phi) is 3.74. The van der Waals surface area contributed by atoms with E-state index in [1.54, 1.807) is 17.4 Å². The maximum atomic E-state index is 11.6. The van der Waals surface area contributed by atoms with Crippen LogP contribution in [0.15, 0.2) is 23.6 Å². The normalized spacial score (nSPS) is 15.2. The smallest absolute Gasteiger partial charge is 0.338 e. The molecule has 0 saturated carbocycles. The van der Waals surface area contributed by atoms with Crippen molar-refractivity contribution in [2.45, 2.75) is 19.3 Å². The van der Waals surface area contributed by atoms with Crippen LogP contribution in [0.5, 0.6) is 0 Å². The van der Waals surface area contributed by atoms with E-state index in [4.69, 9.17) is 0 Å². The Balaban J connectivity index is 1.85. The highest BCUT2D eigenvalue weighted by Crippen LogP contribution is 2.34. The first-order valence-corrected chi connectivity index (χ1v) is 9.26. The van der Waals surface area contributed by atoms with Gasteiger partial charge in [0.25, 0.3) is 0 Å². The molecule has 1 fully saturated rings. The van der Waals surface area contributed by atoms with E-state index in [2.05, 4.69) is 14.9 Å². The van der Waals surface area contributed by atoms with Crippen molar-refractivity contribution in [1.82, 2.24) is 9.97 Å². The van der Waals surface area contributed by atoms with Crippen LogP contribution >= 0.6 is 22.7 Å². The molecule has 0 atom stereocenters. The number of piperidine rings is 1. The molecule has 4 heterocycles. The highest BCUT2D eigenvalue weighted by molar-refractivity contribution is 7.22. The Morgan fingerprint density at radius 2 is 2.04 bits per heavy atom. The van der Waals surface area contributed by atoms with Gasteiger partial charge in [-0.2, -0.15) is 0 Å². The van der Waals surface area contributed by atoms with E-state index in [9.17, 15) is 9.90 Å². The summed E-state index contributed by atoms with van der Waals surface area (Å²) in [4.78, 5) is 24.8. The molecule has 0 bridgehead atoms. The van der Waals surface area contributed by atoms with Gasteiger partial charge in [0.1, 0.15) is 10.3 Å². The number of pyridine rings is 1. The number of carboxylic acids is 1. The molecule has 5 nitrogen and oxygen atoms in total. The molecule has 7 heteroatoms. The van der Waals surface area contributed by atoms with Crippen LogP contribution in [0.1, 0.15) is 29.6 Å². The molecule has 4 rings (SSSR count). The lowest BCUT2D eigenvalue weighted by molar-refractivity contribution is 0.0699. The topological polar surface area (TPSA) is 66.3 Å². The number of fused-ring (bicyclic) bond motifs is 1. The highest BCUT2D eigenvalue weighted by atomic mass is 32.1. The molecule has 3 aromatic heterocycles. The number of thiazole rings is 1. The van der Waals surface area contributed by atoms with Crippen molar-refractivity contribution in [3.8, 4) is 10.6 Å². The van der Waals surface area contributed by atoms with Gasteiger partial charge in [0, 0.05) is 13.1 Å². The number of carboxylic acid groups (broad SMARTS) is 1. The van der Waals surface area contributed by atoms with E-state index in [-0.39, 0.29) is 5.56 Å². The van der Waals surface area contributed by atoms with Gasteiger partial charge in [-0.25, -0.2) is 14.8 Å². The van der Waals surface area contributed by atoms with Crippen molar-refractivity contribution in [3.05, 3.63) is 29.1 Å². The minimum absolute atomic E-state index is 0.234. The molecule has 0 spiro atoms. The number of aromatic nitrogens is 2. The fraction of sp³-hybridized carbons (Fsp3) is 0.312. The van der Waals surface area contributed by atoms with Gasteiger partial charge in [-0.15, -0.1) is 11.3 Å². The van der Waals surface area contributed by atoms with Gasteiger partial charge in [-0.05, 0) is 36.8 Å². The third kappa shape index (κ3) is 2.70. The first-order valence-electron chi connectivity index (χ1n) is 7.56. The number of carbonyl (C=O) groups is 1. The molecule has 1 N–H and O–H groups in total. The van der Waals surface area contributed by atoms with E-state index < -0.39 is 5.97 Å². The third-order valence-corrected chi connectivity index (χ3v) is 5.89. The molecular weight excluding hydrogens is 330 g/mol. The van der Waals surface area contributed by atoms with Crippen LogP contribution in [0.2, 0.25) is 0 Å². The van der Waals surface area contributed by atoms with Gasteiger partial charge in [0.15, 0.2) is 5.13 Å². The quantitative estimate of drug-likeness (QED) is 0.774. The zero-order chi connectivity index (χ0) is 15.8. The van der Waals surface area contributed by atoms with Gasteiger partial charge in [0.2, 0.25) is 0 Å². The van der Waals surface area contributed by atoms with Crippen LogP contribution in [0.25, 0.3) is 20.9 Å². The maximum absolute atomic E-state index is 11.6. The molecule has 118 valence electrons. The summed E-state index contributed by atoms with van der Waals surface area (Å²) in [5.74, 6) is -0.953. The van der Waals surface area contributed by atoms with Crippen molar-refractivity contribution in [2.24, 2.45) is 0 Å². The molecule has 1 aliphatic heterocycles. The summed E-state index contributed by atoms with van der Waals surface area (Å²) >= 11 is 3.05. The zero-order valence-corrected chi connectivity index (χ0v) is 14.0. The Labute approximate surface area is 141 Å². The number of nitrogens with zero attached hydrogens (tertiary/aromatic N) is 3. The fourth-order valence-electron chi connectivity index (χ4n) is 2.83. The number of hydrogen-bond acceptors (Lipinski definition) is 6. The third-order valence-electron chi connectivity index (χ3n) is 3.99. The zero-order valence-electron chi connectivity index (χ0n) is 12.4. The van der Waals surface area contributed by atoms with Crippen LogP contribution < -0.4 is 4.90 Å². The summed E-state index contributed by atoms with van der Waals surface area (Å²) in [7, 11) is 0. The molecular formula is C16H15N3O2S2. The molecule has 1 aliphatic rings. The Morgan fingerprint density at radius 3 is 2.74 bits per heavy atom. The van der Waals surface area contributed by atoms with Gasteiger partial charge < -0.3 is 10.0 Å². The van der Waals surface area contributed by atoms with Crippen molar-refractivity contribution < 1.29 is 9.90 Å². The monoisotopic (exact) mass is 345 g/mol. The lowest BCUT2D eigenvalue weighted by atomic mass is 10.1. The van der Waals surface area contributed by atoms with Crippen molar-refractivity contribution >= 4 is 44.1 Å². The van der Waals surface area contributed by atoms with Crippen LogP contribution in [-0.4, -0.2) is 34.1 Å². The van der Waals surface area contributed by atoms with Gasteiger partial charge in [-0.3, -0.25) is 0 Å². The average molecular weight is 345 g/mol. The molecule has 0 aliphatic carbocycles. The van der Waals surface area contributed by atoms with Gasteiger partial charge in [-0.1, -0.05) is 17.4 Å². The first kappa shape index (κ1) is 14.6. The molecule has 3 aromatic rings. The first-order chi connectivity index (χ1) is 11.2. The second-order valence-corrected chi connectivity index (χ2v) is 7.44. The molecule has 0 aromatic carbocycles.